The molecule has 1 saturated heterocycles. The predicted molar refractivity (Wildman–Crippen MR) is 136 cm³/mol. The van der Waals surface area contributed by atoms with Crippen molar-refractivity contribution in [1.29, 1.82) is 0 Å². The number of carbonyl (C=O) groups excluding carboxylic acids is 2. The van der Waals surface area contributed by atoms with Crippen molar-refractivity contribution in [3.05, 3.63) is 71.0 Å². The van der Waals surface area contributed by atoms with Gasteiger partial charge in [0.25, 0.3) is 0 Å². The molecular formula is C29H29NO10. The SMILES string of the molecule is CN1CC[C@]23c4c5ccc(O)c4O[C@H]2C(OC(=O)CC(O)C(=O)O[C@H](C(=O)O)c2ccccc2)=CC[C@@]3(O)[C@H]1C5. The third-order valence-electron chi connectivity index (χ3n) is 8.78. The zero-order valence-electron chi connectivity index (χ0n) is 21.6. The number of phenolic OH excluding ortho intramolecular Hbond substituents is 1. The minimum absolute atomic E-state index is 0.0718. The van der Waals surface area contributed by atoms with Crippen LogP contribution in [-0.2, 0) is 35.7 Å². The van der Waals surface area contributed by atoms with Gasteiger partial charge in [-0.2, -0.15) is 0 Å². The Morgan fingerprint density at radius 2 is 1.93 bits per heavy atom. The molecule has 11 nitrogen and oxygen atoms in total. The summed E-state index contributed by atoms with van der Waals surface area (Å²) < 4.78 is 16.8. The van der Waals surface area contributed by atoms with Crippen molar-refractivity contribution in [2.24, 2.45) is 0 Å². The first-order valence-electron chi connectivity index (χ1n) is 13.1. The second-order valence-corrected chi connectivity index (χ2v) is 10.9. The van der Waals surface area contributed by atoms with E-state index in [4.69, 9.17) is 14.2 Å². The molecule has 4 aliphatic rings. The number of likely N-dealkylation sites (tertiary alicyclic amines) is 1. The molecule has 1 fully saturated rings. The van der Waals surface area contributed by atoms with Crippen LogP contribution >= 0.6 is 0 Å². The molecule has 2 aliphatic carbocycles. The van der Waals surface area contributed by atoms with Gasteiger partial charge in [0, 0.05) is 23.6 Å². The lowest BCUT2D eigenvalue weighted by molar-refractivity contribution is -0.175. The highest BCUT2D eigenvalue weighted by molar-refractivity contribution is 5.85. The zero-order chi connectivity index (χ0) is 28.4. The number of nitrogens with zero attached hydrogens (tertiary/aromatic N) is 1. The minimum Gasteiger partial charge on any atom is -0.504 e. The van der Waals surface area contributed by atoms with Gasteiger partial charge in [-0.25, -0.2) is 9.59 Å². The lowest BCUT2D eigenvalue weighted by atomic mass is 9.50. The molecule has 1 spiro atoms. The number of benzene rings is 2. The number of likely N-dealkylation sites (N-methyl/N-ethyl adjacent to an activating group) is 1. The van der Waals surface area contributed by atoms with Crippen molar-refractivity contribution in [3.8, 4) is 11.5 Å². The fraction of sp³-hybridized carbons (Fsp3) is 0.414. The first kappa shape index (κ1) is 26.3. The maximum atomic E-state index is 12.9. The Labute approximate surface area is 229 Å². The molecule has 2 aromatic rings. The Hall–Kier alpha value is -3.93. The molecule has 6 atom stereocenters. The Morgan fingerprint density at radius 3 is 2.65 bits per heavy atom. The molecule has 0 amide bonds. The van der Waals surface area contributed by atoms with E-state index in [9.17, 15) is 34.8 Å². The van der Waals surface area contributed by atoms with Crippen molar-refractivity contribution in [3.63, 3.8) is 0 Å². The average molecular weight is 552 g/mol. The average Bonchev–Trinajstić information content (AvgIpc) is 3.28. The van der Waals surface area contributed by atoms with E-state index in [0.29, 0.717) is 19.4 Å². The van der Waals surface area contributed by atoms with Crippen LogP contribution in [0.4, 0.5) is 0 Å². The maximum Gasteiger partial charge on any atom is 0.349 e. The number of aliphatic hydroxyl groups excluding tert-OH is 1. The first-order chi connectivity index (χ1) is 19.1. The Bertz CT molecular complexity index is 1420. The number of ether oxygens (including phenoxy) is 3. The second kappa shape index (κ2) is 9.33. The summed E-state index contributed by atoms with van der Waals surface area (Å²) in [4.78, 5) is 39.1. The van der Waals surface area contributed by atoms with Crippen LogP contribution < -0.4 is 4.74 Å². The minimum atomic E-state index is -1.97. The summed E-state index contributed by atoms with van der Waals surface area (Å²) in [6.07, 6.45) is -2.52. The summed E-state index contributed by atoms with van der Waals surface area (Å²) in [6, 6.07) is 10.9. The number of hydrogen-bond acceptors (Lipinski definition) is 10. The number of carboxylic acid groups (broad SMARTS) is 1. The van der Waals surface area contributed by atoms with Gasteiger partial charge < -0.3 is 39.5 Å². The number of esters is 2. The Balaban J connectivity index is 1.21. The molecule has 1 unspecified atom stereocenters. The van der Waals surface area contributed by atoms with E-state index in [0.717, 1.165) is 11.1 Å². The van der Waals surface area contributed by atoms with Gasteiger partial charge in [0.05, 0.1) is 17.4 Å². The third-order valence-corrected chi connectivity index (χ3v) is 8.78. The van der Waals surface area contributed by atoms with E-state index in [2.05, 4.69) is 4.90 Å². The third kappa shape index (κ3) is 3.72. The summed E-state index contributed by atoms with van der Waals surface area (Å²) in [7, 11) is 1.96. The molecule has 2 aromatic carbocycles. The lowest BCUT2D eigenvalue weighted by Gasteiger charge is -2.61. The largest absolute Gasteiger partial charge is 0.504 e. The van der Waals surface area contributed by atoms with Gasteiger partial charge in [-0.15, -0.1) is 0 Å². The standard InChI is InChI=1S/C29H29NO10/c1-30-12-11-28-22-16-7-8-17(31)24(22)39-25(28)19(9-10-29(28,37)20(30)13-16)38-21(33)14-18(32)27(36)40-23(26(34)35)15-5-3-2-4-6-15/h2-9,18,20,23,25,31-32,37H,10-14H2,1H3,(H,34,35)/t18?,20-,23+,25+,28+,29-/m1/s1. The molecule has 6 rings (SSSR count). The number of phenols is 1. The molecule has 0 saturated carbocycles. The van der Waals surface area contributed by atoms with E-state index in [-0.39, 0.29) is 35.3 Å². The van der Waals surface area contributed by atoms with Crippen LogP contribution in [0.1, 0.15) is 42.1 Å². The molecule has 0 radical (unpaired) electrons. The summed E-state index contributed by atoms with van der Waals surface area (Å²) >= 11 is 0. The Morgan fingerprint density at radius 1 is 1.18 bits per heavy atom. The van der Waals surface area contributed by atoms with Crippen molar-refractivity contribution in [2.75, 3.05) is 13.6 Å². The quantitative estimate of drug-likeness (QED) is 0.367. The summed E-state index contributed by atoms with van der Waals surface area (Å²) in [5.74, 6) is -3.38. The Kier molecular flexibility index (Phi) is 6.13. The van der Waals surface area contributed by atoms with Gasteiger partial charge >= 0.3 is 17.9 Å². The van der Waals surface area contributed by atoms with Crippen LogP contribution in [-0.4, -0.2) is 80.7 Å². The highest BCUT2D eigenvalue weighted by atomic mass is 16.6. The monoisotopic (exact) mass is 551 g/mol. The van der Waals surface area contributed by atoms with Crippen LogP contribution in [0.25, 0.3) is 0 Å². The van der Waals surface area contributed by atoms with Crippen LogP contribution in [0.15, 0.2) is 54.3 Å². The molecule has 4 N–H and O–H groups in total. The van der Waals surface area contributed by atoms with Crippen LogP contribution in [0.2, 0.25) is 0 Å². The van der Waals surface area contributed by atoms with Crippen molar-refractivity contribution in [1.82, 2.24) is 4.90 Å². The number of carbonyl (C=O) groups is 3. The zero-order valence-corrected chi connectivity index (χ0v) is 21.6. The second-order valence-electron chi connectivity index (χ2n) is 10.9. The van der Waals surface area contributed by atoms with Crippen molar-refractivity contribution >= 4 is 17.9 Å². The summed E-state index contributed by atoms with van der Waals surface area (Å²) in [5, 5.41) is 42.6. The lowest BCUT2D eigenvalue weighted by Crippen LogP contribution is -2.74. The van der Waals surface area contributed by atoms with Crippen molar-refractivity contribution in [2.45, 2.75) is 61.1 Å². The van der Waals surface area contributed by atoms with E-state index >= 15 is 0 Å². The van der Waals surface area contributed by atoms with E-state index in [1.165, 1.54) is 12.1 Å². The summed E-state index contributed by atoms with van der Waals surface area (Å²) in [5.41, 5.74) is -0.317. The smallest absolute Gasteiger partial charge is 0.349 e. The highest BCUT2D eigenvalue weighted by Crippen LogP contribution is 2.65. The number of aromatic hydroxyl groups is 1. The molecule has 2 aliphatic heterocycles. The van der Waals surface area contributed by atoms with Crippen LogP contribution in [0.5, 0.6) is 11.5 Å². The fourth-order valence-corrected chi connectivity index (χ4v) is 6.94. The van der Waals surface area contributed by atoms with Crippen molar-refractivity contribution < 1.29 is 49.0 Å². The maximum absolute atomic E-state index is 12.9. The number of rotatable bonds is 7. The summed E-state index contributed by atoms with van der Waals surface area (Å²) in [6.45, 7) is 0.652. The molecule has 210 valence electrons. The van der Waals surface area contributed by atoms with E-state index in [1.54, 1.807) is 30.3 Å². The van der Waals surface area contributed by atoms with Gasteiger partial charge in [0.1, 0.15) is 5.76 Å². The molecule has 0 aromatic heterocycles. The molecule has 40 heavy (non-hydrogen) atoms. The van der Waals surface area contributed by atoms with Gasteiger partial charge in [0.15, 0.2) is 23.7 Å². The number of aliphatic hydroxyl groups is 2. The fourth-order valence-electron chi connectivity index (χ4n) is 6.94. The van der Waals surface area contributed by atoms with Crippen LogP contribution in [0.3, 0.4) is 0 Å². The highest BCUT2D eigenvalue weighted by Gasteiger charge is 2.72. The number of piperidine rings is 1. The molecule has 2 bridgehead atoms. The first-order valence-corrected chi connectivity index (χ1v) is 13.1. The topological polar surface area (TPSA) is 163 Å². The van der Waals surface area contributed by atoms with E-state index in [1.807, 2.05) is 13.1 Å². The number of carboxylic acids is 1. The number of hydrogen-bond donors (Lipinski definition) is 4. The van der Waals surface area contributed by atoms with Gasteiger partial charge in [-0.1, -0.05) is 36.4 Å². The van der Waals surface area contributed by atoms with E-state index < -0.39 is 53.7 Å². The molecule has 11 heteroatoms. The predicted octanol–water partition coefficient (Wildman–Crippen LogP) is 1.33. The molecule has 2 heterocycles. The normalized spacial score (nSPS) is 29.3. The number of aliphatic carboxylic acids is 1. The van der Waals surface area contributed by atoms with Gasteiger partial charge in [0.2, 0.25) is 6.10 Å². The molecular weight excluding hydrogens is 522 g/mol. The van der Waals surface area contributed by atoms with Gasteiger partial charge in [-0.3, -0.25) is 4.79 Å². The van der Waals surface area contributed by atoms with Gasteiger partial charge in [-0.05, 0) is 44.1 Å². The van der Waals surface area contributed by atoms with Crippen LogP contribution in [0, 0.1) is 0 Å².